The van der Waals surface area contributed by atoms with Crippen molar-refractivity contribution in [1.29, 1.82) is 0 Å². The molecule has 0 radical (unpaired) electrons. The molecule has 13 heavy (non-hydrogen) atoms. The molecule has 0 spiro atoms. The lowest BCUT2D eigenvalue weighted by atomic mass is 9.98. The van der Waals surface area contributed by atoms with Crippen LogP contribution in [0.3, 0.4) is 0 Å². The molecule has 0 aromatic rings. The first kappa shape index (κ1) is 10.5. The number of nitrogens with zero attached hydrogens (tertiary/aromatic N) is 1. The molecule has 0 aromatic carbocycles. The van der Waals surface area contributed by atoms with Gasteiger partial charge in [-0.15, -0.1) is 0 Å². The van der Waals surface area contributed by atoms with Crippen LogP contribution >= 0.6 is 0 Å². The predicted octanol–water partition coefficient (Wildman–Crippen LogP) is 0.873. The van der Waals surface area contributed by atoms with Crippen LogP contribution in [0.1, 0.15) is 26.7 Å². The zero-order valence-corrected chi connectivity index (χ0v) is 8.49. The molecule has 0 aromatic heterocycles. The van der Waals surface area contributed by atoms with E-state index in [0.29, 0.717) is 6.54 Å². The van der Waals surface area contributed by atoms with Crippen LogP contribution in [0.4, 0.5) is 0 Å². The maximum absolute atomic E-state index is 11.6. The second-order valence-electron chi connectivity index (χ2n) is 4.12. The van der Waals surface area contributed by atoms with Gasteiger partial charge in [0.25, 0.3) is 0 Å². The first-order chi connectivity index (χ1) is 6.15. The lowest BCUT2D eigenvalue weighted by molar-refractivity contribution is -0.138. The van der Waals surface area contributed by atoms with Gasteiger partial charge >= 0.3 is 0 Å². The summed E-state index contributed by atoms with van der Waals surface area (Å²) in [7, 11) is 0. The number of rotatable bonds is 3. The summed E-state index contributed by atoms with van der Waals surface area (Å²) in [5.74, 6) is 0.639. The maximum Gasteiger partial charge on any atom is 0.225 e. The maximum atomic E-state index is 11.6. The lowest BCUT2D eigenvalue weighted by Gasteiger charge is -2.32. The highest BCUT2D eigenvalue weighted by molar-refractivity contribution is 5.79. The van der Waals surface area contributed by atoms with Crippen molar-refractivity contribution >= 4 is 5.91 Å². The van der Waals surface area contributed by atoms with Gasteiger partial charge in [0.2, 0.25) is 5.91 Å². The highest BCUT2D eigenvalue weighted by atomic mass is 16.3. The second kappa shape index (κ2) is 4.61. The minimum atomic E-state index is 0.165. The molecule has 2 atom stereocenters. The molecule has 1 rings (SSSR count). The molecular weight excluding hydrogens is 166 g/mol. The van der Waals surface area contributed by atoms with E-state index in [4.69, 9.17) is 5.11 Å². The van der Waals surface area contributed by atoms with Crippen molar-refractivity contribution in [3.8, 4) is 0 Å². The third-order valence-electron chi connectivity index (χ3n) is 2.64. The summed E-state index contributed by atoms with van der Waals surface area (Å²) < 4.78 is 0. The number of aliphatic hydroxyl groups is 1. The van der Waals surface area contributed by atoms with Crippen molar-refractivity contribution < 1.29 is 9.90 Å². The van der Waals surface area contributed by atoms with E-state index < -0.39 is 0 Å². The van der Waals surface area contributed by atoms with E-state index in [-0.39, 0.29) is 24.3 Å². The molecule has 2 unspecified atom stereocenters. The second-order valence-corrected chi connectivity index (χ2v) is 4.12. The average Bonchev–Trinajstić information content (AvgIpc) is 2.13. The monoisotopic (exact) mass is 185 g/mol. The Morgan fingerprint density at radius 3 is 3.00 bits per heavy atom. The molecule has 0 saturated carbocycles. The van der Waals surface area contributed by atoms with Crippen LogP contribution in [0.2, 0.25) is 0 Å². The Hall–Kier alpha value is -0.570. The zero-order valence-electron chi connectivity index (χ0n) is 8.49. The van der Waals surface area contributed by atoms with Crippen LogP contribution in [0.25, 0.3) is 0 Å². The normalized spacial score (nSPS) is 26.2. The van der Waals surface area contributed by atoms with Crippen molar-refractivity contribution in [1.82, 2.24) is 4.90 Å². The van der Waals surface area contributed by atoms with Gasteiger partial charge in [-0.3, -0.25) is 4.79 Å². The molecule has 1 amide bonds. The van der Waals surface area contributed by atoms with E-state index in [2.05, 4.69) is 0 Å². The van der Waals surface area contributed by atoms with Gasteiger partial charge in [0.05, 0.1) is 0 Å². The minimum absolute atomic E-state index is 0.165. The molecule has 1 N–H and O–H groups in total. The SMILES string of the molecule is CC(CO)CN1CCCC(C)C1=O. The largest absolute Gasteiger partial charge is 0.396 e. The van der Waals surface area contributed by atoms with Crippen molar-refractivity contribution in [3.63, 3.8) is 0 Å². The van der Waals surface area contributed by atoms with Gasteiger partial charge in [-0.1, -0.05) is 13.8 Å². The summed E-state index contributed by atoms with van der Waals surface area (Å²) >= 11 is 0. The summed E-state index contributed by atoms with van der Waals surface area (Å²) in [6, 6.07) is 0. The number of carbonyl (C=O) groups is 1. The van der Waals surface area contributed by atoms with Gasteiger partial charge in [-0.25, -0.2) is 0 Å². The quantitative estimate of drug-likeness (QED) is 0.709. The fraction of sp³-hybridized carbons (Fsp3) is 0.900. The van der Waals surface area contributed by atoms with Crippen LogP contribution in [-0.2, 0) is 4.79 Å². The zero-order chi connectivity index (χ0) is 9.84. The van der Waals surface area contributed by atoms with E-state index in [9.17, 15) is 4.79 Å². The summed E-state index contributed by atoms with van der Waals surface area (Å²) in [6.07, 6.45) is 2.12. The Kier molecular flexibility index (Phi) is 3.72. The van der Waals surface area contributed by atoms with Gasteiger partial charge in [0.15, 0.2) is 0 Å². The molecule has 0 bridgehead atoms. The van der Waals surface area contributed by atoms with Crippen LogP contribution in [0, 0.1) is 11.8 Å². The van der Waals surface area contributed by atoms with Crippen molar-refractivity contribution in [2.24, 2.45) is 11.8 Å². The van der Waals surface area contributed by atoms with E-state index >= 15 is 0 Å². The molecule has 3 nitrogen and oxygen atoms in total. The smallest absolute Gasteiger partial charge is 0.225 e. The number of piperidine rings is 1. The van der Waals surface area contributed by atoms with Crippen LogP contribution < -0.4 is 0 Å². The van der Waals surface area contributed by atoms with Crippen LogP contribution in [-0.4, -0.2) is 35.6 Å². The van der Waals surface area contributed by atoms with Crippen LogP contribution in [0.5, 0.6) is 0 Å². The number of hydrogen-bond donors (Lipinski definition) is 1. The Balaban J connectivity index is 2.44. The molecule has 1 fully saturated rings. The van der Waals surface area contributed by atoms with E-state index in [1.165, 1.54) is 0 Å². The minimum Gasteiger partial charge on any atom is -0.396 e. The number of aliphatic hydroxyl groups excluding tert-OH is 1. The fourth-order valence-corrected chi connectivity index (χ4v) is 1.75. The van der Waals surface area contributed by atoms with Crippen molar-refractivity contribution in [2.75, 3.05) is 19.7 Å². The first-order valence-electron chi connectivity index (χ1n) is 5.04. The summed E-state index contributed by atoms with van der Waals surface area (Å²) in [5.41, 5.74) is 0. The van der Waals surface area contributed by atoms with E-state index in [0.717, 1.165) is 19.4 Å². The van der Waals surface area contributed by atoms with Gasteiger partial charge in [-0.2, -0.15) is 0 Å². The number of likely N-dealkylation sites (tertiary alicyclic amines) is 1. The molecular formula is C10H19NO2. The molecule has 1 aliphatic rings. The van der Waals surface area contributed by atoms with Gasteiger partial charge < -0.3 is 10.0 Å². The average molecular weight is 185 g/mol. The predicted molar refractivity (Wildman–Crippen MR) is 51.2 cm³/mol. The highest BCUT2D eigenvalue weighted by Gasteiger charge is 2.25. The van der Waals surface area contributed by atoms with Crippen molar-refractivity contribution in [3.05, 3.63) is 0 Å². The van der Waals surface area contributed by atoms with E-state index in [1.807, 2.05) is 18.7 Å². The Morgan fingerprint density at radius 1 is 1.69 bits per heavy atom. The molecule has 1 aliphatic heterocycles. The number of carbonyl (C=O) groups excluding carboxylic acids is 1. The first-order valence-corrected chi connectivity index (χ1v) is 5.04. The summed E-state index contributed by atoms with van der Waals surface area (Å²) in [4.78, 5) is 13.5. The summed E-state index contributed by atoms with van der Waals surface area (Å²) in [6.45, 7) is 5.69. The Labute approximate surface area is 79.7 Å². The van der Waals surface area contributed by atoms with Gasteiger partial charge in [0, 0.05) is 25.6 Å². The van der Waals surface area contributed by atoms with Crippen LogP contribution in [0.15, 0.2) is 0 Å². The molecule has 1 saturated heterocycles. The molecule has 0 aliphatic carbocycles. The lowest BCUT2D eigenvalue weighted by Crippen LogP contribution is -2.42. The Morgan fingerprint density at radius 2 is 2.38 bits per heavy atom. The molecule has 76 valence electrons. The molecule has 3 heteroatoms. The van der Waals surface area contributed by atoms with Gasteiger partial charge in [-0.05, 0) is 18.8 Å². The fourth-order valence-electron chi connectivity index (χ4n) is 1.75. The standard InChI is InChI=1S/C10H19NO2/c1-8(7-12)6-11-5-3-4-9(2)10(11)13/h8-9,12H,3-7H2,1-2H3. The Bertz CT molecular complexity index is 182. The van der Waals surface area contributed by atoms with E-state index in [1.54, 1.807) is 0 Å². The highest BCUT2D eigenvalue weighted by Crippen LogP contribution is 2.17. The number of hydrogen-bond acceptors (Lipinski definition) is 2. The van der Waals surface area contributed by atoms with Crippen molar-refractivity contribution in [2.45, 2.75) is 26.7 Å². The third kappa shape index (κ3) is 2.69. The van der Waals surface area contributed by atoms with Gasteiger partial charge in [0.1, 0.15) is 0 Å². The topological polar surface area (TPSA) is 40.5 Å². The third-order valence-corrected chi connectivity index (χ3v) is 2.64. The number of amides is 1. The summed E-state index contributed by atoms with van der Waals surface area (Å²) in [5, 5.41) is 8.88. The molecule has 1 heterocycles.